The summed E-state index contributed by atoms with van der Waals surface area (Å²) in [5.74, 6) is -0.190. The van der Waals surface area contributed by atoms with Crippen LogP contribution in [0.1, 0.15) is 5.56 Å². The fourth-order valence-electron chi connectivity index (χ4n) is 3.22. The number of aromatic nitrogens is 8. The molecule has 0 aliphatic carbocycles. The molecule has 0 bridgehead atoms. The number of H-pyrrole nitrogens is 1. The van der Waals surface area contributed by atoms with Gasteiger partial charge >= 0.3 is 0 Å². The molecule has 31 heavy (non-hydrogen) atoms. The molecule has 0 atom stereocenters. The van der Waals surface area contributed by atoms with Crippen LogP contribution in [0, 0.1) is 0 Å². The molecule has 11 nitrogen and oxygen atoms in total. The van der Waals surface area contributed by atoms with E-state index in [1.807, 2.05) is 36.4 Å². The van der Waals surface area contributed by atoms with Gasteiger partial charge in [-0.2, -0.15) is 5.10 Å². The van der Waals surface area contributed by atoms with Gasteiger partial charge in [0.1, 0.15) is 11.7 Å². The molecular weight excluding hydrogens is 398 g/mol. The maximum atomic E-state index is 12.7. The van der Waals surface area contributed by atoms with Crippen molar-refractivity contribution in [3.8, 4) is 11.4 Å². The third-order valence-corrected chi connectivity index (χ3v) is 4.69. The monoisotopic (exact) mass is 413 g/mol. The Morgan fingerprint density at radius 3 is 2.74 bits per heavy atom. The molecule has 0 aliphatic heterocycles. The molecule has 0 radical (unpaired) electrons. The zero-order valence-corrected chi connectivity index (χ0v) is 16.0. The molecule has 152 valence electrons. The minimum atomic E-state index is -0.275. The van der Waals surface area contributed by atoms with E-state index in [4.69, 9.17) is 0 Å². The first-order valence-corrected chi connectivity index (χ1v) is 9.32. The van der Waals surface area contributed by atoms with Gasteiger partial charge in [0.25, 0.3) is 5.56 Å². The first-order chi connectivity index (χ1) is 15.2. The fourth-order valence-corrected chi connectivity index (χ4v) is 3.22. The number of hydrogen-bond acceptors (Lipinski definition) is 7. The molecule has 1 amide bonds. The number of benzene rings is 2. The lowest BCUT2D eigenvalue weighted by Crippen LogP contribution is -2.16. The second-order valence-corrected chi connectivity index (χ2v) is 6.69. The summed E-state index contributed by atoms with van der Waals surface area (Å²) >= 11 is 0. The summed E-state index contributed by atoms with van der Waals surface area (Å²) < 4.78 is 3.06. The molecule has 0 unspecified atom stereocenters. The van der Waals surface area contributed by atoms with E-state index in [2.05, 4.69) is 35.9 Å². The number of anilines is 1. The van der Waals surface area contributed by atoms with Crippen molar-refractivity contribution in [2.75, 3.05) is 5.32 Å². The van der Waals surface area contributed by atoms with E-state index in [0.717, 1.165) is 11.3 Å². The Hall–Kier alpha value is -4.67. The number of rotatable bonds is 5. The number of nitrogens with one attached hydrogen (secondary N) is 2. The number of carbonyl (C=O) groups excluding carboxylic acids is 1. The summed E-state index contributed by atoms with van der Waals surface area (Å²) in [6.07, 6.45) is 4.46. The number of tetrazole rings is 1. The van der Waals surface area contributed by atoms with E-state index in [1.54, 1.807) is 12.1 Å². The number of carbonyl (C=O) groups is 1. The molecule has 5 aromatic rings. The van der Waals surface area contributed by atoms with Crippen molar-refractivity contribution in [2.45, 2.75) is 6.42 Å². The smallest absolute Gasteiger partial charge is 0.261 e. The van der Waals surface area contributed by atoms with Crippen molar-refractivity contribution in [1.82, 2.24) is 40.0 Å². The van der Waals surface area contributed by atoms with Crippen molar-refractivity contribution in [1.29, 1.82) is 0 Å². The molecular formula is C20H15N9O2. The molecule has 0 saturated heterocycles. The van der Waals surface area contributed by atoms with Crippen LogP contribution in [0.4, 0.5) is 5.69 Å². The van der Waals surface area contributed by atoms with E-state index in [1.165, 1.54) is 28.2 Å². The zero-order chi connectivity index (χ0) is 21.2. The predicted molar refractivity (Wildman–Crippen MR) is 111 cm³/mol. The van der Waals surface area contributed by atoms with E-state index in [0.29, 0.717) is 22.4 Å². The van der Waals surface area contributed by atoms with Crippen molar-refractivity contribution < 1.29 is 4.79 Å². The van der Waals surface area contributed by atoms with Crippen LogP contribution in [0.5, 0.6) is 0 Å². The highest BCUT2D eigenvalue weighted by Crippen LogP contribution is 2.22. The van der Waals surface area contributed by atoms with E-state index in [-0.39, 0.29) is 17.9 Å². The van der Waals surface area contributed by atoms with Gasteiger partial charge in [-0.1, -0.05) is 24.3 Å². The van der Waals surface area contributed by atoms with Gasteiger partial charge in [-0.3, -0.25) is 9.59 Å². The van der Waals surface area contributed by atoms with Gasteiger partial charge in [-0.15, -0.1) is 5.10 Å². The third kappa shape index (κ3) is 3.55. The summed E-state index contributed by atoms with van der Waals surface area (Å²) in [5, 5.41) is 18.6. The first-order valence-electron chi connectivity index (χ1n) is 9.32. The van der Waals surface area contributed by atoms with Gasteiger partial charge in [-0.25, -0.2) is 14.3 Å². The Balaban J connectivity index is 1.38. The van der Waals surface area contributed by atoms with Crippen molar-refractivity contribution in [3.05, 3.63) is 83.3 Å². The number of amides is 1. The van der Waals surface area contributed by atoms with Crippen LogP contribution >= 0.6 is 0 Å². The minimum Gasteiger partial charge on any atom is -0.324 e. The van der Waals surface area contributed by atoms with Crippen LogP contribution in [0.2, 0.25) is 0 Å². The average Bonchev–Trinajstić information content (AvgIpc) is 3.46. The summed E-state index contributed by atoms with van der Waals surface area (Å²) in [6, 6.07) is 14.6. The van der Waals surface area contributed by atoms with E-state index >= 15 is 0 Å². The van der Waals surface area contributed by atoms with E-state index in [9.17, 15) is 9.59 Å². The lowest BCUT2D eigenvalue weighted by atomic mass is 10.1. The number of para-hydroxylation sites is 2. The van der Waals surface area contributed by atoms with Crippen molar-refractivity contribution in [2.24, 2.45) is 0 Å². The van der Waals surface area contributed by atoms with Crippen LogP contribution in [0.15, 0.2) is 72.2 Å². The van der Waals surface area contributed by atoms with Crippen LogP contribution in [0.3, 0.4) is 0 Å². The van der Waals surface area contributed by atoms with Crippen LogP contribution < -0.4 is 10.9 Å². The fraction of sp³-hybridized carbons (Fsp3) is 0.0500. The maximum absolute atomic E-state index is 12.7. The van der Waals surface area contributed by atoms with Gasteiger partial charge in [0, 0.05) is 0 Å². The van der Waals surface area contributed by atoms with Gasteiger partial charge in [0.15, 0.2) is 5.65 Å². The largest absolute Gasteiger partial charge is 0.324 e. The Morgan fingerprint density at radius 1 is 1.10 bits per heavy atom. The average molecular weight is 413 g/mol. The second-order valence-electron chi connectivity index (χ2n) is 6.69. The molecule has 5 rings (SSSR count). The van der Waals surface area contributed by atoms with Gasteiger partial charge in [0.05, 0.1) is 36.0 Å². The number of fused-ring (bicyclic) bond motifs is 1. The lowest BCUT2D eigenvalue weighted by Gasteiger charge is -2.12. The van der Waals surface area contributed by atoms with Crippen LogP contribution in [-0.2, 0) is 11.2 Å². The molecule has 3 heterocycles. The summed E-state index contributed by atoms with van der Waals surface area (Å²) in [7, 11) is 0. The Labute approximate surface area is 174 Å². The highest BCUT2D eigenvalue weighted by molar-refractivity contribution is 5.94. The van der Waals surface area contributed by atoms with Crippen LogP contribution in [0.25, 0.3) is 22.4 Å². The van der Waals surface area contributed by atoms with Crippen molar-refractivity contribution >= 4 is 22.6 Å². The molecule has 0 saturated carbocycles. The highest BCUT2D eigenvalue weighted by atomic mass is 16.1. The normalized spacial score (nSPS) is 11.0. The summed E-state index contributed by atoms with van der Waals surface area (Å²) in [6.45, 7) is 0. The highest BCUT2D eigenvalue weighted by Gasteiger charge is 2.14. The molecule has 0 spiro atoms. The molecule has 2 N–H and O–H groups in total. The standard InChI is InChI=1S/C20H15N9O2/c30-18(9-13-5-7-14(8-6-13)28-12-23-26-27-28)25-16-3-1-2-4-17(16)29-19-15(10-24-29)20(31)22-11-21-19/h1-8,10-12H,9H2,(H,25,30)(H,21,22,31). The zero-order valence-electron chi connectivity index (χ0n) is 16.0. The SMILES string of the molecule is O=C(Cc1ccc(-n2cnnn2)cc1)Nc1ccccc1-n1ncc2c(=O)[nH]cnc21. The quantitative estimate of drug-likeness (QED) is 0.443. The van der Waals surface area contributed by atoms with Gasteiger partial charge < -0.3 is 10.3 Å². The molecule has 0 aliphatic rings. The Kier molecular flexibility index (Phi) is 4.52. The van der Waals surface area contributed by atoms with Gasteiger partial charge in [0.2, 0.25) is 5.91 Å². The topological polar surface area (TPSA) is 136 Å². The third-order valence-electron chi connectivity index (χ3n) is 4.69. The summed E-state index contributed by atoms with van der Waals surface area (Å²) in [4.78, 5) is 31.4. The number of nitrogens with zero attached hydrogens (tertiary/aromatic N) is 7. The lowest BCUT2D eigenvalue weighted by molar-refractivity contribution is -0.115. The Bertz CT molecular complexity index is 1420. The van der Waals surface area contributed by atoms with Gasteiger partial charge in [-0.05, 0) is 40.3 Å². The number of hydrogen-bond donors (Lipinski definition) is 2. The van der Waals surface area contributed by atoms with Crippen molar-refractivity contribution in [3.63, 3.8) is 0 Å². The Morgan fingerprint density at radius 2 is 1.94 bits per heavy atom. The summed E-state index contributed by atoms with van der Waals surface area (Å²) in [5.41, 5.74) is 2.94. The molecule has 11 heteroatoms. The maximum Gasteiger partial charge on any atom is 0.261 e. The number of aromatic amines is 1. The second kappa shape index (κ2) is 7.63. The predicted octanol–water partition coefficient (Wildman–Crippen LogP) is 1.27. The molecule has 2 aromatic carbocycles. The minimum absolute atomic E-state index is 0.183. The first kappa shape index (κ1) is 18.4. The van der Waals surface area contributed by atoms with Crippen LogP contribution in [-0.4, -0.2) is 45.9 Å². The van der Waals surface area contributed by atoms with E-state index < -0.39 is 0 Å². The molecule has 0 fully saturated rings. The molecule has 3 aromatic heterocycles.